The molecule has 7 nitrogen and oxygen atoms in total. The van der Waals surface area contributed by atoms with Gasteiger partial charge < -0.3 is 4.98 Å². The number of sulfonamides is 1. The van der Waals surface area contributed by atoms with Crippen molar-refractivity contribution in [1.82, 2.24) is 24.5 Å². The standard InChI is InChI=1S/C10H15N5O2S/c1-7-10(8(2)15(3)14-7)18(16,17)13-5-9-4-11-6-12-9/h4,6,13H,5H2,1-3H3,(H,11,12). The predicted octanol–water partition coefficient (Wildman–Crippen LogP) is 0.239. The largest absolute Gasteiger partial charge is 0.347 e. The van der Waals surface area contributed by atoms with Gasteiger partial charge in [0.2, 0.25) is 10.0 Å². The number of hydrogen-bond donors (Lipinski definition) is 2. The first kappa shape index (κ1) is 12.8. The molecule has 0 aliphatic heterocycles. The monoisotopic (exact) mass is 269 g/mol. The molecular weight excluding hydrogens is 254 g/mol. The highest BCUT2D eigenvalue weighted by molar-refractivity contribution is 7.89. The van der Waals surface area contributed by atoms with Gasteiger partial charge in [-0.3, -0.25) is 4.68 Å². The molecule has 8 heteroatoms. The zero-order valence-corrected chi connectivity index (χ0v) is 11.2. The van der Waals surface area contributed by atoms with E-state index in [1.165, 1.54) is 6.33 Å². The average molecular weight is 269 g/mol. The Morgan fingerprint density at radius 2 is 2.17 bits per heavy atom. The van der Waals surface area contributed by atoms with Gasteiger partial charge in [0, 0.05) is 18.9 Å². The second kappa shape index (κ2) is 4.54. The lowest BCUT2D eigenvalue weighted by Crippen LogP contribution is -2.24. The van der Waals surface area contributed by atoms with E-state index in [9.17, 15) is 8.42 Å². The second-order valence-corrected chi connectivity index (χ2v) is 5.73. The summed E-state index contributed by atoms with van der Waals surface area (Å²) in [6, 6.07) is 0. The van der Waals surface area contributed by atoms with Gasteiger partial charge in [0.15, 0.2) is 0 Å². The third-order valence-electron chi connectivity index (χ3n) is 2.72. The van der Waals surface area contributed by atoms with E-state index in [4.69, 9.17) is 0 Å². The van der Waals surface area contributed by atoms with Crippen LogP contribution in [-0.4, -0.2) is 28.2 Å². The molecule has 2 heterocycles. The van der Waals surface area contributed by atoms with E-state index in [-0.39, 0.29) is 11.4 Å². The summed E-state index contributed by atoms with van der Waals surface area (Å²) in [6.45, 7) is 3.58. The topological polar surface area (TPSA) is 92.7 Å². The van der Waals surface area contributed by atoms with Gasteiger partial charge in [0.05, 0.1) is 24.3 Å². The average Bonchev–Trinajstić information content (AvgIpc) is 2.86. The molecule has 0 atom stereocenters. The molecule has 0 aliphatic rings. The smallest absolute Gasteiger partial charge is 0.244 e. The van der Waals surface area contributed by atoms with Gasteiger partial charge in [-0.2, -0.15) is 5.10 Å². The minimum Gasteiger partial charge on any atom is -0.347 e. The molecule has 0 fully saturated rings. The highest BCUT2D eigenvalue weighted by atomic mass is 32.2. The number of hydrogen-bond acceptors (Lipinski definition) is 4. The Hall–Kier alpha value is -1.67. The predicted molar refractivity (Wildman–Crippen MR) is 65.3 cm³/mol. The lowest BCUT2D eigenvalue weighted by Gasteiger charge is -2.05. The number of imidazole rings is 1. The molecule has 0 saturated carbocycles. The SMILES string of the molecule is Cc1nn(C)c(C)c1S(=O)(=O)NCc1cnc[nH]1. The quantitative estimate of drug-likeness (QED) is 0.831. The van der Waals surface area contributed by atoms with Crippen molar-refractivity contribution >= 4 is 10.0 Å². The van der Waals surface area contributed by atoms with Gasteiger partial charge >= 0.3 is 0 Å². The summed E-state index contributed by atoms with van der Waals surface area (Å²) >= 11 is 0. The summed E-state index contributed by atoms with van der Waals surface area (Å²) in [5.74, 6) is 0. The summed E-state index contributed by atoms with van der Waals surface area (Å²) in [5.41, 5.74) is 1.81. The molecule has 0 unspecified atom stereocenters. The number of nitrogens with zero attached hydrogens (tertiary/aromatic N) is 3. The third kappa shape index (κ3) is 2.29. The van der Waals surface area contributed by atoms with E-state index in [0.29, 0.717) is 17.1 Å². The van der Waals surface area contributed by atoms with Crippen LogP contribution in [0.4, 0.5) is 0 Å². The van der Waals surface area contributed by atoms with Gasteiger partial charge in [0.25, 0.3) is 0 Å². The summed E-state index contributed by atoms with van der Waals surface area (Å²) in [6.07, 6.45) is 3.08. The van der Waals surface area contributed by atoms with Gasteiger partial charge in [0.1, 0.15) is 4.90 Å². The van der Waals surface area contributed by atoms with Gasteiger partial charge in [-0.25, -0.2) is 18.1 Å². The van der Waals surface area contributed by atoms with Crippen LogP contribution >= 0.6 is 0 Å². The maximum absolute atomic E-state index is 12.2. The first-order valence-corrected chi connectivity index (χ1v) is 6.87. The lowest BCUT2D eigenvalue weighted by molar-refractivity contribution is 0.579. The fourth-order valence-corrected chi connectivity index (χ4v) is 3.21. The van der Waals surface area contributed by atoms with E-state index in [2.05, 4.69) is 19.8 Å². The van der Waals surface area contributed by atoms with Crippen LogP contribution in [0.2, 0.25) is 0 Å². The Kier molecular flexibility index (Phi) is 3.22. The molecule has 98 valence electrons. The fraction of sp³-hybridized carbons (Fsp3) is 0.400. The van der Waals surface area contributed by atoms with Crippen molar-refractivity contribution in [2.45, 2.75) is 25.3 Å². The molecular formula is C10H15N5O2S. The summed E-state index contributed by atoms with van der Waals surface area (Å²) < 4.78 is 28.4. The molecule has 0 bridgehead atoms. The van der Waals surface area contributed by atoms with Crippen molar-refractivity contribution in [1.29, 1.82) is 0 Å². The molecule has 0 aliphatic carbocycles. The van der Waals surface area contributed by atoms with Crippen molar-refractivity contribution in [3.8, 4) is 0 Å². The molecule has 2 rings (SSSR count). The molecule has 0 aromatic carbocycles. The van der Waals surface area contributed by atoms with Crippen molar-refractivity contribution in [2.75, 3.05) is 0 Å². The molecule has 2 aromatic heterocycles. The number of aromatic nitrogens is 4. The van der Waals surface area contributed by atoms with E-state index in [1.54, 1.807) is 31.8 Å². The van der Waals surface area contributed by atoms with E-state index in [0.717, 1.165) is 0 Å². The molecule has 2 aromatic rings. The summed E-state index contributed by atoms with van der Waals surface area (Å²) in [4.78, 5) is 6.91. The first-order valence-electron chi connectivity index (χ1n) is 5.39. The van der Waals surface area contributed by atoms with Crippen molar-refractivity contribution in [3.63, 3.8) is 0 Å². The van der Waals surface area contributed by atoms with E-state index < -0.39 is 10.0 Å². The summed E-state index contributed by atoms with van der Waals surface area (Å²) in [7, 11) is -1.84. The van der Waals surface area contributed by atoms with Gasteiger partial charge in [-0.1, -0.05) is 0 Å². The minimum absolute atomic E-state index is 0.177. The summed E-state index contributed by atoms with van der Waals surface area (Å²) in [5, 5.41) is 4.10. The maximum atomic E-state index is 12.2. The van der Waals surface area contributed by atoms with Crippen LogP contribution in [0.5, 0.6) is 0 Å². The Balaban J connectivity index is 2.26. The second-order valence-electron chi connectivity index (χ2n) is 4.02. The molecule has 0 radical (unpaired) electrons. The Morgan fingerprint density at radius 3 is 2.67 bits per heavy atom. The van der Waals surface area contributed by atoms with Crippen LogP contribution in [0.1, 0.15) is 17.1 Å². The van der Waals surface area contributed by atoms with Gasteiger partial charge in [-0.05, 0) is 13.8 Å². The van der Waals surface area contributed by atoms with Crippen LogP contribution in [0, 0.1) is 13.8 Å². The van der Waals surface area contributed by atoms with Crippen molar-refractivity contribution in [3.05, 3.63) is 29.6 Å². The highest BCUT2D eigenvalue weighted by Crippen LogP contribution is 2.18. The number of aromatic amines is 1. The highest BCUT2D eigenvalue weighted by Gasteiger charge is 2.23. The Morgan fingerprint density at radius 1 is 1.44 bits per heavy atom. The van der Waals surface area contributed by atoms with Gasteiger partial charge in [-0.15, -0.1) is 0 Å². The Labute approximate surface area is 105 Å². The van der Waals surface area contributed by atoms with E-state index in [1.807, 2.05) is 0 Å². The zero-order chi connectivity index (χ0) is 13.3. The van der Waals surface area contributed by atoms with Crippen LogP contribution < -0.4 is 4.72 Å². The Bertz CT molecular complexity index is 642. The van der Waals surface area contributed by atoms with E-state index >= 15 is 0 Å². The van der Waals surface area contributed by atoms with Crippen LogP contribution in [-0.2, 0) is 23.6 Å². The number of H-pyrrole nitrogens is 1. The lowest BCUT2D eigenvalue weighted by atomic mass is 10.4. The van der Waals surface area contributed by atoms with Crippen molar-refractivity contribution < 1.29 is 8.42 Å². The maximum Gasteiger partial charge on any atom is 0.244 e. The zero-order valence-electron chi connectivity index (χ0n) is 10.4. The third-order valence-corrected chi connectivity index (χ3v) is 4.37. The minimum atomic E-state index is -3.56. The van der Waals surface area contributed by atoms with Crippen LogP contribution in [0.25, 0.3) is 0 Å². The normalized spacial score (nSPS) is 11.9. The molecule has 0 saturated heterocycles. The van der Waals surface area contributed by atoms with Crippen LogP contribution in [0.15, 0.2) is 17.4 Å². The first-order chi connectivity index (χ1) is 8.42. The molecule has 2 N–H and O–H groups in total. The number of nitrogens with one attached hydrogen (secondary N) is 2. The van der Waals surface area contributed by atoms with Crippen molar-refractivity contribution in [2.24, 2.45) is 7.05 Å². The molecule has 18 heavy (non-hydrogen) atoms. The van der Waals surface area contributed by atoms with Crippen LogP contribution in [0.3, 0.4) is 0 Å². The fourth-order valence-electron chi connectivity index (χ4n) is 1.77. The molecule has 0 amide bonds. The number of aryl methyl sites for hydroxylation is 2. The number of rotatable bonds is 4. The molecule has 0 spiro atoms.